The maximum Gasteiger partial charge on any atom is 0.0708 e. The minimum atomic E-state index is 0. The van der Waals surface area contributed by atoms with Crippen LogP contribution in [-0.2, 0) is 21.1 Å². The number of nitrogens with zero attached hydrogens (tertiary/aromatic N) is 2. The zero-order valence-corrected chi connectivity index (χ0v) is 13.5. The molecule has 2 aromatic heterocycles. The zero-order chi connectivity index (χ0) is 12.2. The first-order chi connectivity index (χ1) is 8.93. The molecule has 0 aliphatic heterocycles. The van der Waals surface area contributed by atoms with E-state index in [2.05, 4.69) is 16.0 Å². The number of benzene rings is 1. The van der Waals surface area contributed by atoms with Crippen LogP contribution in [0.1, 0.15) is 0 Å². The summed E-state index contributed by atoms with van der Waals surface area (Å²) in [7, 11) is 0. The van der Waals surface area contributed by atoms with Crippen molar-refractivity contribution in [2.45, 2.75) is 0 Å². The van der Waals surface area contributed by atoms with Gasteiger partial charge in [0.15, 0.2) is 0 Å². The maximum atomic E-state index is 4.33. The average Bonchev–Trinajstić information content (AvgIpc) is 2.49. The Balaban J connectivity index is 0.000001000. The van der Waals surface area contributed by atoms with Crippen LogP contribution in [-0.4, -0.2) is 9.97 Å². The Morgan fingerprint density at radius 1 is 0.650 bits per heavy atom. The second-order valence-electron chi connectivity index (χ2n) is 3.91. The summed E-state index contributed by atoms with van der Waals surface area (Å²) in [6.07, 6.45) is 3.58. The maximum absolute atomic E-state index is 4.33. The smallest absolute Gasteiger partial charge is 0.0708 e. The second kappa shape index (κ2) is 7.94. The van der Waals surface area contributed by atoms with Crippen LogP contribution in [0, 0.1) is 6.07 Å². The van der Waals surface area contributed by atoms with Crippen molar-refractivity contribution in [3.8, 4) is 22.5 Å². The molecule has 0 unspecified atom stereocenters. The van der Waals surface area contributed by atoms with Crippen molar-refractivity contribution in [1.82, 2.24) is 9.97 Å². The molecule has 20 heavy (non-hydrogen) atoms. The fourth-order valence-corrected chi connectivity index (χ4v) is 1.81. The molecule has 0 saturated carbocycles. The largest absolute Gasteiger partial charge is 1.00 e. The second-order valence-corrected chi connectivity index (χ2v) is 3.91. The van der Waals surface area contributed by atoms with Crippen molar-refractivity contribution < 1.29 is 33.5 Å². The molecule has 2 nitrogen and oxygen atoms in total. The van der Waals surface area contributed by atoms with Gasteiger partial charge in [0.2, 0.25) is 0 Å². The van der Waals surface area contributed by atoms with Crippen LogP contribution in [0.3, 0.4) is 0 Å². The van der Waals surface area contributed by atoms with Crippen LogP contribution >= 0.6 is 0 Å². The third-order valence-corrected chi connectivity index (χ3v) is 2.68. The summed E-state index contributed by atoms with van der Waals surface area (Å²) in [5.74, 6) is 0. The van der Waals surface area contributed by atoms with Gasteiger partial charge < -0.3 is 12.4 Å². The molecule has 1 radical (unpaired) electrons. The molecular formula is C16H11ClN2Pt-. The molecule has 4 heteroatoms. The molecule has 0 fully saturated rings. The van der Waals surface area contributed by atoms with Crippen molar-refractivity contribution in [3.05, 3.63) is 73.1 Å². The topological polar surface area (TPSA) is 25.8 Å². The van der Waals surface area contributed by atoms with Gasteiger partial charge in [0.25, 0.3) is 0 Å². The van der Waals surface area contributed by atoms with E-state index in [1.807, 2.05) is 54.6 Å². The van der Waals surface area contributed by atoms with Gasteiger partial charge in [-0.3, -0.25) is 9.97 Å². The van der Waals surface area contributed by atoms with Gasteiger partial charge in [-0.15, -0.1) is 0 Å². The summed E-state index contributed by atoms with van der Waals surface area (Å²) >= 11 is 0. The molecule has 103 valence electrons. The molecule has 0 saturated heterocycles. The first-order valence-corrected chi connectivity index (χ1v) is 5.78. The van der Waals surface area contributed by atoms with E-state index in [9.17, 15) is 0 Å². The molecule has 0 spiro atoms. The van der Waals surface area contributed by atoms with Gasteiger partial charge in [-0.2, -0.15) is 0 Å². The Morgan fingerprint density at radius 2 is 1.15 bits per heavy atom. The van der Waals surface area contributed by atoms with Gasteiger partial charge >= 0.3 is 0 Å². The third-order valence-electron chi connectivity index (χ3n) is 2.68. The summed E-state index contributed by atoms with van der Waals surface area (Å²) in [5, 5.41) is 0. The van der Waals surface area contributed by atoms with E-state index >= 15 is 0 Å². The van der Waals surface area contributed by atoms with Crippen LogP contribution in [0.4, 0.5) is 0 Å². The van der Waals surface area contributed by atoms with Gasteiger partial charge in [-0.05, 0) is 24.3 Å². The predicted octanol–water partition coefficient (Wildman–Crippen LogP) is 0.612. The van der Waals surface area contributed by atoms with Gasteiger partial charge in [0.05, 0.1) is 11.4 Å². The van der Waals surface area contributed by atoms with E-state index in [4.69, 9.17) is 0 Å². The monoisotopic (exact) mass is 461 g/mol. The van der Waals surface area contributed by atoms with Crippen LogP contribution in [0.25, 0.3) is 22.5 Å². The molecule has 0 amide bonds. The first kappa shape index (κ1) is 16.6. The van der Waals surface area contributed by atoms with Gasteiger partial charge in [0.1, 0.15) is 0 Å². The predicted molar refractivity (Wildman–Crippen MR) is 71.7 cm³/mol. The molecular weight excluding hydrogens is 451 g/mol. The zero-order valence-electron chi connectivity index (χ0n) is 10.4. The Morgan fingerprint density at radius 3 is 1.55 bits per heavy atom. The van der Waals surface area contributed by atoms with Gasteiger partial charge in [-0.25, -0.2) is 0 Å². The van der Waals surface area contributed by atoms with Gasteiger partial charge in [-0.1, -0.05) is 30.3 Å². The number of aromatic nitrogens is 2. The summed E-state index contributed by atoms with van der Waals surface area (Å²) in [5.41, 5.74) is 3.82. The summed E-state index contributed by atoms with van der Waals surface area (Å²) in [6, 6.07) is 21.1. The molecule has 3 aromatic rings. The summed E-state index contributed by atoms with van der Waals surface area (Å²) in [4.78, 5) is 8.66. The normalized spacial score (nSPS) is 9.20. The van der Waals surface area contributed by atoms with E-state index in [1.54, 1.807) is 12.4 Å². The van der Waals surface area contributed by atoms with Crippen molar-refractivity contribution in [2.75, 3.05) is 0 Å². The Hall–Kier alpha value is -1.50. The minimum Gasteiger partial charge on any atom is -1.00 e. The Kier molecular flexibility index (Phi) is 6.57. The van der Waals surface area contributed by atoms with E-state index < -0.39 is 0 Å². The Labute approximate surface area is 139 Å². The van der Waals surface area contributed by atoms with Crippen LogP contribution < -0.4 is 12.4 Å². The molecule has 2 heterocycles. The fraction of sp³-hybridized carbons (Fsp3) is 0. The first-order valence-electron chi connectivity index (χ1n) is 5.78. The number of rotatable bonds is 2. The van der Waals surface area contributed by atoms with E-state index in [0.29, 0.717) is 0 Å². The molecule has 0 atom stereocenters. The van der Waals surface area contributed by atoms with Gasteiger partial charge in [0, 0.05) is 50.7 Å². The summed E-state index contributed by atoms with van der Waals surface area (Å²) < 4.78 is 0. The Bertz CT molecular complexity index is 590. The SMILES string of the molecule is [Cl-].[Pt].[c]1c(-c2ccccn2)cccc1-c1ccccn1. The van der Waals surface area contributed by atoms with E-state index in [0.717, 1.165) is 22.5 Å². The number of hydrogen-bond acceptors (Lipinski definition) is 2. The molecule has 3 rings (SSSR count). The van der Waals surface area contributed by atoms with Crippen LogP contribution in [0.5, 0.6) is 0 Å². The molecule has 0 N–H and O–H groups in total. The molecule has 1 aromatic carbocycles. The number of hydrogen-bond donors (Lipinski definition) is 0. The molecule has 0 aliphatic rings. The summed E-state index contributed by atoms with van der Waals surface area (Å²) in [6.45, 7) is 0. The fourth-order valence-electron chi connectivity index (χ4n) is 1.81. The van der Waals surface area contributed by atoms with Crippen molar-refractivity contribution in [1.29, 1.82) is 0 Å². The number of pyridine rings is 2. The van der Waals surface area contributed by atoms with Crippen LogP contribution in [0.15, 0.2) is 67.0 Å². The standard InChI is InChI=1S/C16H11N2.ClH.Pt/c1-3-10-17-15(8-1)13-6-5-7-14(12-13)16-9-2-4-11-18-16;;/h1-11H;1H;/p-1. The average molecular weight is 462 g/mol. The van der Waals surface area contributed by atoms with E-state index in [-0.39, 0.29) is 33.5 Å². The van der Waals surface area contributed by atoms with Crippen molar-refractivity contribution >= 4 is 0 Å². The molecule has 0 bridgehead atoms. The minimum absolute atomic E-state index is 0. The van der Waals surface area contributed by atoms with Crippen molar-refractivity contribution in [3.63, 3.8) is 0 Å². The van der Waals surface area contributed by atoms with Crippen LogP contribution in [0.2, 0.25) is 0 Å². The van der Waals surface area contributed by atoms with E-state index in [1.165, 1.54) is 0 Å². The number of halogens is 1. The molecule has 0 aliphatic carbocycles. The third kappa shape index (κ3) is 3.75. The quantitative estimate of drug-likeness (QED) is 0.559. The van der Waals surface area contributed by atoms with Crippen molar-refractivity contribution in [2.24, 2.45) is 0 Å².